The molecule has 0 spiro atoms. The van der Waals surface area contributed by atoms with Crippen LogP contribution in [0.5, 0.6) is 0 Å². The van der Waals surface area contributed by atoms with Crippen LogP contribution in [0.1, 0.15) is 12.8 Å². The average molecular weight is 534 g/mol. The molecule has 6 rings (SSSR count). The Morgan fingerprint density at radius 1 is 0.595 bits per heavy atom. The summed E-state index contributed by atoms with van der Waals surface area (Å²) in [6, 6.07) is 12.5. The zero-order valence-electron chi connectivity index (χ0n) is 19.7. The molecule has 7 heteroatoms. The summed E-state index contributed by atoms with van der Waals surface area (Å²) in [6.45, 7) is 0. The van der Waals surface area contributed by atoms with Crippen molar-refractivity contribution in [3.05, 3.63) is 128 Å². The molecule has 2 N–H and O–H groups in total. The van der Waals surface area contributed by atoms with Crippen LogP contribution in [0.3, 0.4) is 0 Å². The van der Waals surface area contributed by atoms with Crippen LogP contribution < -0.4 is 7.74 Å². The van der Waals surface area contributed by atoms with E-state index in [0.717, 1.165) is 19.9 Å². The minimum atomic E-state index is -4.23. The summed E-state index contributed by atoms with van der Waals surface area (Å²) in [4.78, 5) is 6.08. The fraction of sp³-hybridized carbons (Fsp3) is 0.0667. The summed E-state index contributed by atoms with van der Waals surface area (Å²) >= 11 is -4.23. The fourth-order valence-electron chi connectivity index (χ4n) is 5.72. The number of hydrogen-bond acceptors (Lipinski definition) is 0. The predicted molar refractivity (Wildman–Crippen MR) is 135 cm³/mol. The van der Waals surface area contributed by atoms with E-state index in [1.165, 1.54) is 0 Å². The molecular formula is C30H22F4N2Ti. The van der Waals surface area contributed by atoms with Gasteiger partial charge < -0.3 is 0 Å². The summed E-state index contributed by atoms with van der Waals surface area (Å²) in [5.41, 5.74) is 1.13. The molecule has 184 valence electrons. The van der Waals surface area contributed by atoms with Crippen LogP contribution in [0.2, 0.25) is 0 Å². The molecule has 2 aliphatic rings. The van der Waals surface area contributed by atoms with Crippen molar-refractivity contribution in [2.24, 2.45) is 0 Å². The Morgan fingerprint density at radius 2 is 1.05 bits per heavy atom. The van der Waals surface area contributed by atoms with Crippen molar-refractivity contribution < 1.29 is 34.2 Å². The molecule has 0 saturated carbocycles. The summed E-state index contributed by atoms with van der Waals surface area (Å²) in [7, 11) is 0. The van der Waals surface area contributed by atoms with E-state index in [9.17, 15) is 8.78 Å². The number of rotatable bonds is 6. The molecule has 2 aliphatic carbocycles. The Hall–Kier alpha value is -3.61. The van der Waals surface area contributed by atoms with Crippen LogP contribution in [0.25, 0.3) is 22.5 Å². The molecule has 37 heavy (non-hydrogen) atoms. The van der Waals surface area contributed by atoms with Gasteiger partial charge in [-0.1, -0.05) is 0 Å². The van der Waals surface area contributed by atoms with Gasteiger partial charge in [-0.25, -0.2) is 0 Å². The maximum atomic E-state index is 15.8. The van der Waals surface area contributed by atoms with Gasteiger partial charge in [0.15, 0.2) is 0 Å². The number of aromatic amines is 2. The van der Waals surface area contributed by atoms with Crippen molar-refractivity contribution in [1.29, 1.82) is 0 Å². The van der Waals surface area contributed by atoms with Crippen LogP contribution >= 0.6 is 0 Å². The third kappa shape index (κ3) is 3.66. The van der Waals surface area contributed by atoms with Crippen LogP contribution in [0.15, 0.2) is 105 Å². The summed E-state index contributed by atoms with van der Waals surface area (Å²) in [5, 5.41) is 0. The Balaban J connectivity index is 1.81. The second kappa shape index (κ2) is 9.36. The van der Waals surface area contributed by atoms with Gasteiger partial charge in [-0.3, -0.25) is 0 Å². The molecule has 0 unspecified atom stereocenters. The van der Waals surface area contributed by atoms with Crippen molar-refractivity contribution >= 4 is 7.74 Å². The van der Waals surface area contributed by atoms with Gasteiger partial charge in [-0.15, -0.1) is 0 Å². The van der Waals surface area contributed by atoms with Crippen LogP contribution in [-0.4, -0.2) is 9.97 Å². The first-order valence-corrected chi connectivity index (χ1v) is 15.1. The SMILES string of the molecule is Fc1cc[c]([Ti]([C]2=CC=CC2)([C]2=CC=CC2)[c]2ccc(F)c(F)c2-c2ccc[nH]2)c(-c2ccc[nH]2)c1F. The Labute approximate surface area is 215 Å². The molecule has 0 fully saturated rings. The standard InChI is InChI=1S/2C10H6F2N.2C5H5.Ti/c2*11-8-4-1-3-7(10(8)12)9-5-2-6-13-9;2*1-2-4-5-3-1;/h2*1-2,4-6,13H;2*1-3H,4H2;. The quantitative estimate of drug-likeness (QED) is 0.197. The Morgan fingerprint density at radius 3 is 1.41 bits per heavy atom. The number of benzene rings is 2. The molecule has 0 bridgehead atoms. The first kappa shape index (κ1) is 23.8. The molecule has 4 aromatic rings. The van der Waals surface area contributed by atoms with Crippen molar-refractivity contribution in [3.63, 3.8) is 0 Å². The maximum absolute atomic E-state index is 15.8. The summed E-state index contributed by atoms with van der Waals surface area (Å²) < 4.78 is 64.5. The van der Waals surface area contributed by atoms with Gasteiger partial charge in [0, 0.05) is 0 Å². The van der Waals surface area contributed by atoms with E-state index in [4.69, 9.17) is 0 Å². The number of hydrogen-bond donors (Lipinski definition) is 2. The zero-order chi connectivity index (χ0) is 25.6. The molecule has 2 heterocycles. The Bertz CT molecular complexity index is 1490. The van der Waals surface area contributed by atoms with Gasteiger partial charge in [-0.2, -0.15) is 0 Å². The molecule has 0 saturated heterocycles. The number of nitrogens with one attached hydrogen (secondary N) is 2. The van der Waals surface area contributed by atoms with E-state index in [1.54, 1.807) is 48.8 Å². The first-order chi connectivity index (χ1) is 18.0. The van der Waals surface area contributed by atoms with Gasteiger partial charge in [0.05, 0.1) is 0 Å². The molecule has 2 aromatic heterocycles. The molecular weight excluding hydrogens is 512 g/mol. The molecule has 0 atom stereocenters. The summed E-state index contributed by atoms with van der Waals surface area (Å²) in [6.07, 6.45) is 16.4. The van der Waals surface area contributed by atoms with Crippen molar-refractivity contribution in [2.75, 3.05) is 0 Å². The molecule has 2 aromatic carbocycles. The topological polar surface area (TPSA) is 31.6 Å². The first-order valence-electron chi connectivity index (χ1n) is 12.0. The number of allylic oxidation sites excluding steroid dienone is 8. The number of aromatic nitrogens is 2. The average Bonchev–Trinajstić information content (AvgIpc) is 3.72. The molecule has 0 radical (unpaired) electrons. The van der Waals surface area contributed by atoms with Crippen molar-refractivity contribution in [2.45, 2.75) is 12.8 Å². The van der Waals surface area contributed by atoms with E-state index in [-0.39, 0.29) is 11.1 Å². The third-order valence-electron chi connectivity index (χ3n) is 7.24. The van der Waals surface area contributed by atoms with Crippen molar-refractivity contribution in [3.8, 4) is 22.5 Å². The molecule has 0 aliphatic heterocycles. The van der Waals surface area contributed by atoms with Crippen LogP contribution in [0, 0.1) is 23.3 Å². The normalized spacial score (nSPS) is 14.9. The number of halogens is 4. The van der Waals surface area contributed by atoms with Gasteiger partial charge in [0.2, 0.25) is 0 Å². The minimum absolute atomic E-state index is 0.132. The second-order valence-corrected chi connectivity index (χ2v) is 15.2. The zero-order valence-corrected chi connectivity index (χ0v) is 21.2. The monoisotopic (exact) mass is 534 g/mol. The van der Waals surface area contributed by atoms with Crippen LogP contribution in [-0.2, 0) is 16.6 Å². The van der Waals surface area contributed by atoms with E-state index in [0.29, 0.717) is 32.0 Å². The van der Waals surface area contributed by atoms with Gasteiger partial charge in [0.1, 0.15) is 0 Å². The fourth-order valence-corrected chi connectivity index (χ4v) is 14.4. The van der Waals surface area contributed by atoms with Gasteiger partial charge in [-0.05, 0) is 0 Å². The van der Waals surface area contributed by atoms with E-state index < -0.39 is 39.9 Å². The number of H-pyrrole nitrogens is 2. The van der Waals surface area contributed by atoms with E-state index in [1.807, 2.05) is 36.5 Å². The molecule has 0 amide bonds. The van der Waals surface area contributed by atoms with Crippen molar-refractivity contribution in [1.82, 2.24) is 9.97 Å². The van der Waals surface area contributed by atoms with Gasteiger partial charge in [0.25, 0.3) is 0 Å². The van der Waals surface area contributed by atoms with Crippen LogP contribution in [0.4, 0.5) is 17.6 Å². The predicted octanol–water partition coefficient (Wildman–Crippen LogP) is 7.03. The molecule has 2 nitrogen and oxygen atoms in total. The summed E-state index contributed by atoms with van der Waals surface area (Å²) in [5.74, 6) is -3.85. The van der Waals surface area contributed by atoms with E-state index >= 15 is 8.78 Å². The Kier molecular flexibility index (Phi) is 6.02. The van der Waals surface area contributed by atoms with E-state index in [2.05, 4.69) is 9.97 Å². The second-order valence-electron chi connectivity index (χ2n) is 9.13. The third-order valence-corrected chi connectivity index (χ3v) is 15.2. The van der Waals surface area contributed by atoms with Gasteiger partial charge >= 0.3 is 216 Å².